The molecule has 3 nitrogen and oxygen atoms in total. The van der Waals surface area contributed by atoms with Crippen LogP contribution in [0.4, 0.5) is 0 Å². The second kappa shape index (κ2) is 4.58. The van der Waals surface area contributed by atoms with Crippen molar-refractivity contribution in [3.05, 3.63) is 16.9 Å². The minimum absolute atomic E-state index is 0.140. The molecule has 1 aromatic rings. The molecule has 0 atom stereocenters. The Morgan fingerprint density at radius 3 is 2.81 bits per heavy atom. The van der Waals surface area contributed by atoms with Gasteiger partial charge in [-0.3, -0.25) is 9.48 Å². The third kappa shape index (κ3) is 2.14. The van der Waals surface area contributed by atoms with E-state index in [9.17, 15) is 4.79 Å². The van der Waals surface area contributed by atoms with Crippen LogP contribution in [-0.2, 0) is 0 Å². The predicted molar refractivity (Wildman–Crippen MR) is 63.9 cm³/mol. The van der Waals surface area contributed by atoms with Crippen LogP contribution < -0.4 is 0 Å². The maximum Gasteiger partial charge on any atom is 0.182 e. The van der Waals surface area contributed by atoms with Crippen molar-refractivity contribution in [2.24, 2.45) is 5.92 Å². The third-order valence-corrected chi connectivity index (χ3v) is 3.48. The van der Waals surface area contributed by atoms with Crippen LogP contribution in [0.1, 0.15) is 56.1 Å². The van der Waals surface area contributed by atoms with Crippen molar-refractivity contribution in [2.75, 3.05) is 0 Å². The van der Waals surface area contributed by atoms with E-state index in [0.29, 0.717) is 23.1 Å². The lowest BCUT2D eigenvalue weighted by Gasteiger charge is -2.24. The van der Waals surface area contributed by atoms with Crippen LogP contribution in [0.25, 0.3) is 0 Å². The lowest BCUT2D eigenvalue weighted by Crippen LogP contribution is -2.19. The first-order chi connectivity index (χ1) is 7.59. The molecule has 1 aliphatic rings. The van der Waals surface area contributed by atoms with E-state index in [4.69, 9.17) is 11.6 Å². The fourth-order valence-corrected chi connectivity index (χ4v) is 2.29. The van der Waals surface area contributed by atoms with Crippen LogP contribution in [0.5, 0.6) is 0 Å². The first kappa shape index (κ1) is 11.6. The normalized spacial score (nSPS) is 16.5. The molecule has 16 heavy (non-hydrogen) atoms. The molecule has 1 fully saturated rings. The van der Waals surface area contributed by atoms with Gasteiger partial charge < -0.3 is 0 Å². The molecular formula is C12H17ClN2O. The summed E-state index contributed by atoms with van der Waals surface area (Å²) in [6.07, 6.45) is 5.81. The lowest BCUT2D eigenvalue weighted by molar-refractivity contribution is 0.0924. The first-order valence-corrected chi connectivity index (χ1v) is 6.23. The highest BCUT2D eigenvalue weighted by Gasteiger charge is 2.25. The molecule has 1 aromatic heterocycles. The fourth-order valence-electron chi connectivity index (χ4n) is 2.05. The molecule has 0 saturated heterocycles. The smallest absolute Gasteiger partial charge is 0.182 e. The number of carbonyl (C=O) groups excluding carboxylic acids is 1. The van der Waals surface area contributed by atoms with E-state index < -0.39 is 0 Å². The fraction of sp³-hybridized carbons (Fsp3) is 0.667. The van der Waals surface area contributed by atoms with Gasteiger partial charge >= 0.3 is 0 Å². The van der Waals surface area contributed by atoms with Crippen molar-refractivity contribution in [1.29, 1.82) is 0 Å². The van der Waals surface area contributed by atoms with E-state index in [2.05, 4.69) is 5.10 Å². The summed E-state index contributed by atoms with van der Waals surface area (Å²) in [6.45, 7) is 4.01. The molecular weight excluding hydrogens is 224 g/mol. The van der Waals surface area contributed by atoms with Crippen molar-refractivity contribution in [2.45, 2.75) is 45.6 Å². The molecule has 0 aliphatic heterocycles. The van der Waals surface area contributed by atoms with E-state index in [1.54, 1.807) is 10.9 Å². The summed E-state index contributed by atoms with van der Waals surface area (Å²) in [5.74, 6) is 0.708. The van der Waals surface area contributed by atoms with Crippen LogP contribution in [-0.4, -0.2) is 15.6 Å². The Labute approximate surface area is 101 Å². The van der Waals surface area contributed by atoms with Crippen LogP contribution in [0.2, 0.25) is 5.02 Å². The Morgan fingerprint density at radius 1 is 1.62 bits per heavy atom. The van der Waals surface area contributed by atoms with E-state index >= 15 is 0 Å². The van der Waals surface area contributed by atoms with Gasteiger partial charge in [0.1, 0.15) is 5.69 Å². The molecule has 0 bridgehead atoms. The Hall–Kier alpha value is -0.830. The Balaban J connectivity index is 2.17. The highest BCUT2D eigenvalue weighted by atomic mass is 35.5. The Morgan fingerprint density at radius 2 is 2.31 bits per heavy atom. The van der Waals surface area contributed by atoms with Gasteiger partial charge in [0.05, 0.1) is 11.2 Å². The molecule has 0 aromatic carbocycles. The van der Waals surface area contributed by atoms with Gasteiger partial charge in [-0.05, 0) is 19.8 Å². The highest BCUT2D eigenvalue weighted by Crippen LogP contribution is 2.32. The Bertz CT molecular complexity index is 394. The number of ketones is 1. The lowest BCUT2D eigenvalue weighted by atomic mass is 9.81. The summed E-state index contributed by atoms with van der Waals surface area (Å²) < 4.78 is 1.73. The van der Waals surface area contributed by atoms with Crippen molar-refractivity contribution in [3.8, 4) is 0 Å². The largest absolute Gasteiger partial charge is 0.292 e. The number of hydrogen-bond acceptors (Lipinski definition) is 2. The summed E-state index contributed by atoms with van der Waals surface area (Å²) in [6, 6.07) is 0.174. The summed E-state index contributed by atoms with van der Waals surface area (Å²) in [5.41, 5.74) is 0.587. The van der Waals surface area contributed by atoms with Gasteiger partial charge in [-0.25, -0.2) is 0 Å². The molecule has 1 aliphatic carbocycles. The van der Waals surface area contributed by atoms with Gasteiger partial charge in [-0.1, -0.05) is 30.9 Å². The van der Waals surface area contributed by atoms with Crippen LogP contribution in [0.3, 0.4) is 0 Å². The summed E-state index contributed by atoms with van der Waals surface area (Å²) in [7, 11) is 0. The average molecular weight is 241 g/mol. The molecule has 1 heterocycles. The van der Waals surface area contributed by atoms with Crippen LogP contribution in [0, 0.1) is 5.92 Å². The topological polar surface area (TPSA) is 34.9 Å². The van der Waals surface area contributed by atoms with Gasteiger partial charge in [0, 0.05) is 12.5 Å². The SMILES string of the molecule is CC(C)n1ncc(Cl)c1C(=O)CC1CCC1. The number of rotatable bonds is 4. The second-order valence-electron chi connectivity index (χ2n) is 4.80. The zero-order valence-corrected chi connectivity index (χ0v) is 10.5. The van der Waals surface area contributed by atoms with Crippen molar-refractivity contribution in [1.82, 2.24) is 9.78 Å². The molecule has 88 valence electrons. The van der Waals surface area contributed by atoms with Crippen molar-refractivity contribution < 1.29 is 4.79 Å². The molecule has 2 rings (SSSR count). The zero-order chi connectivity index (χ0) is 11.7. The molecule has 0 N–H and O–H groups in total. The minimum Gasteiger partial charge on any atom is -0.292 e. The predicted octanol–water partition coefficient (Wildman–Crippen LogP) is 3.49. The number of hydrogen-bond donors (Lipinski definition) is 0. The number of carbonyl (C=O) groups is 1. The van der Waals surface area contributed by atoms with Gasteiger partial charge in [0.25, 0.3) is 0 Å². The maximum atomic E-state index is 12.1. The van der Waals surface area contributed by atoms with E-state index in [-0.39, 0.29) is 11.8 Å². The molecule has 0 amide bonds. The molecule has 0 spiro atoms. The summed E-state index contributed by atoms with van der Waals surface area (Å²) in [4.78, 5) is 12.1. The molecule has 0 unspecified atom stereocenters. The molecule has 0 radical (unpaired) electrons. The standard InChI is InChI=1S/C12H17ClN2O/c1-8(2)15-12(10(13)7-14-15)11(16)6-9-4-3-5-9/h7-9H,3-6H2,1-2H3. The van der Waals surface area contributed by atoms with E-state index in [0.717, 1.165) is 0 Å². The quantitative estimate of drug-likeness (QED) is 0.755. The van der Waals surface area contributed by atoms with Crippen molar-refractivity contribution >= 4 is 17.4 Å². The Kier molecular flexibility index (Phi) is 3.33. The highest BCUT2D eigenvalue weighted by molar-refractivity contribution is 6.33. The van der Waals surface area contributed by atoms with E-state index in [1.165, 1.54) is 19.3 Å². The number of halogens is 1. The summed E-state index contributed by atoms with van der Waals surface area (Å²) in [5, 5.41) is 4.64. The van der Waals surface area contributed by atoms with Crippen molar-refractivity contribution in [3.63, 3.8) is 0 Å². The zero-order valence-electron chi connectivity index (χ0n) is 9.74. The number of nitrogens with zero attached hydrogens (tertiary/aromatic N) is 2. The van der Waals surface area contributed by atoms with Crippen LogP contribution >= 0.6 is 11.6 Å². The summed E-state index contributed by atoms with van der Waals surface area (Å²) >= 11 is 6.02. The van der Waals surface area contributed by atoms with Gasteiger partial charge in [-0.2, -0.15) is 5.10 Å². The van der Waals surface area contributed by atoms with Gasteiger partial charge in [-0.15, -0.1) is 0 Å². The van der Waals surface area contributed by atoms with Gasteiger partial charge in [0.15, 0.2) is 5.78 Å². The van der Waals surface area contributed by atoms with Gasteiger partial charge in [0.2, 0.25) is 0 Å². The average Bonchev–Trinajstić information content (AvgIpc) is 2.53. The molecule has 4 heteroatoms. The third-order valence-electron chi connectivity index (χ3n) is 3.20. The first-order valence-electron chi connectivity index (χ1n) is 5.85. The maximum absolute atomic E-state index is 12.1. The van der Waals surface area contributed by atoms with E-state index in [1.807, 2.05) is 13.8 Å². The van der Waals surface area contributed by atoms with Crippen LogP contribution in [0.15, 0.2) is 6.20 Å². The molecule has 1 saturated carbocycles. The monoisotopic (exact) mass is 240 g/mol. The second-order valence-corrected chi connectivity index (χ2v) is 5.21. The number of Topliss-reactive ketones (excluding diaryl/α,β-unsaturated/α-hetero) is 1. The minimum atomic E-state index is 0.140. The number of aromatic nitrogens is 2.